The van der Waals surface area contributed by atoms with Crippen LogP contribution in [0.15, 0.2) is 60.0 Å². The standard InChI is InChI=1S/C18H15N5O4/c24-17(21-20-9-13-6-7-15-16(8-13)27-12-26-15)10-25-18-19-11-23(22-18)14-4-2-1-3-5-14/h1-9,11H,10,12H2,(H,21,24). The maximum absolute atomic E-state index is 11.8. The van der Waals surface area contributed by atoms with Crippen LogP contribution in [0.25, 0.3) is 5.69 Å². The first-order valence-corrected chi connectivity index (χ1v) is 8.09. The molecule has 2 heterocycles. The molecule has 27 heavy (non-hydrogen) atoms. The second-order valence-electron chi connectivity index (χ2n) is 5.50. The number of amides is 1. The van der Waals surface area contributed by atoms with Crippen LogP contribution in [0.3, 0.4) is 0 Å². The molecule has 1 amide bonds. The first-order chi connectivity index (χ1) is 13.3. The number of rotatable bonds is 6. The molecule has 0 saturated heterocycles. The lowest BCUT2D eigenvalue weighted by Crippen LogP contribution is -2.24. The quantitative estimate of drug-likeness (QED) is 0.525. The van der Waals surface area contributed by atoms with Crippen LogP contribution in [0.4, 0.5) is 0 Å². The minimum Gasteiger partial charge on any atom is -0.454 e. The summed E-state index contributed by atoms with van der Waals surface area (Å²) >= 11 is 0. The van der Waals surface area contributed by atoms with Crippen LogP contribution >= 0.6 is 0 Å². The average Bonchev–Trinajstić information content (AvgIpc) is 3.36. The third-order valence-electron chi connectivity index (χ3n) is 3.62. The molecular formula is C18H15N5O4. The molecule has 4 rings (SSSR count). The summed E-state index contributed by atoms with van der Waals surface area (Å²) < 4.78 is 17.3. The van der Waals surface area contributed by atoms with E-state index in [1.807, 2.05) is 30.3 Å². The topological polar surface area (TPSA) is 99.9 Å². The van der Waals surface area contributed by atoms with Crippen molar-refractivity contribution in [3.63, 3.8) is 0 Å². The summed E-state index contributed by atoms with van der Waals surface area (Å²) in [5, 5.41) is 8.04. The maximum Gasteiger partial charge on any atom is 0.336 e. The Kier molecular flexibility index (Phi) is 4.64. The van der Waals surface area contributed by atoms with Gasteiger partial charge in [0.05, 0.1) is 11.9 Å². The Morgan fingerprint density at radius 2 is 2.07 bits per heavy atom. The lowest BCUT2D eigenvalue weighted by molar-refractivity contribution is -0.123. The van der Waals surface area contributed by atoms with Crippen molar-refractivity contribution in [2.24, 2.45) is 5.10 Å². The molecule has 1 aliphatic rings. The molecule has 0 spiro atoms. The molecule has 3 aromatic rings. The zero-order chi connectivity index (χ0) is 18.5. The third kappa shape index (κ3) is 4.03. The molecule has 9 heteroatoms. The summed E-state index contributed by atoms with van der Waals surface area (Å²) in [5.41, 5.74) is 3.99. The van der Waals surface area contributed by atoms with Gasteiger partial charge in [0.2, 0.25) is 6.79 Å². The molecule has 0 bridgehead atoms. The number of benzene rings is 2. The number of ether oxygens (including phenoxy) is 3. The van der Waals surface area contributed by atoms with Gasteiger partial charge in [-0.25, -0.2) is 10.1 Å². The highest BCUT2D eigenvalue weighted by atomic mass is 16.7. The van der Waals surface area contributed by atoms with Crippen LogP contribution in [0, 0.1) is 0 Å². The predicted molar refractivity (Wildman–Crippen MR) is 95.2 cm³/mol. The molecule has 1 aromatic heterocycles. The van der Waals surface area contributed by atoms with Gasteiger partial charge in [-0.05, 0) is 35.9 Å². The minimum absolute atomic E-state index is 0.105. The largest absolute Gasteiger partial charge is 0.454 e. The number of aromatic nitrogens is 3. The molecule has 0 fully saturated rings. The van der Waals surface area contributed by atoms with Crippen molar-refractivity contribution in [3.8, 4) is 23.2 Å². The molecular weight excluding hydrogens is 350 g/mol. The van der Waals surface area contributed by atoms with Gasteiger partial charge in [-0.15, -0.1) is 5.10 Å². The van der Waals surface area contributed by atoms with E-state index in [2.05, 4.69) is 20.6 Å². The van der Waals surface area contributed by atoms with E-state index in [0.29, 0.717) is 11.5 Å². The molecule has 0 radical (unpaired) electrons. The zero-order valence-electron chi connectivity index (χ0n) is 14.1. The smallest absolute Gasteiger partial charge is 0.336 e. The Balaban J connectivity index is 1.27. The van der Waals surface area contributed by atoms with E-state index in [1.54, 1.807) is 22.9 Å². The lowest BCUT2D eigenvalue weighted by atomic mass is 10.2. The van der Waals surface area contributed by atoms with Crippen LogP contribution in [0.1, 0.15) is 5.56 Å². The van der Waals surface area contributed by atoms with Crippen LogP contribution in [0.2, 0.25) is 0 Å². The first-order valence-electron chi connectivity index (χ1n) is 8.09. The van der Waals surface area contributed by atoms with Gasteiger partial charge in [0.15, 0.2) is 18.1 Å². The number of para-hydroxylation sites is 1. The molecule has 0 atom stereocenters. The fourth-order valence-electron chi connectivity index (χ4n) is 2.35. The van der Waals surface area contributed by atoms with Gasteiger partial charge in [-0.2, -0.15) is 10.1 Å². The number of nitrogens with one attached hydrogen (secondary N) is 1. The van der Waals surface area contributed by atoms with E-state index in [0.717, 1.165) is 11.3 Å². The summed E-state index contributed by atoms with van der Waals surface area (Å²) in [6.45, 7) is -0.0463. The van der Waals surface area contributed by atoms with Crippen molar-refractivity contribution >= 4 is 12.1 Å². The monoisotopic (exact) mass is 365 g/mol. The SMILES string of the molecule is O=C(COc1ncn(-c2ccccc2)n1)NN=Cc1ccc2c(c1)OCO2. The fraction of sp³-hybridized carbons (Fsp3) is 0.111. The Morgan fingerprint density at radius 3 is 2.96 bits per heavy atom. The summed E-state index contributed by atoms with van der Waals surface area (Å²) in [7, 11) is 0. The molecule has 0 unspecified atom stereocenters. The minimum atomic E-state index is -0.428. The Labute approximate surface area is 154 Å². The first kappa shape index (κ1) is 16.6. The summed E-state index contributed by atoms with van der Waals surface area (Å²) in [4.78, 5) is 15.8. The second kappa shape index (κ2) is 7.56. The van der Waals surface area contributed by atoms with E-state index >= 15 is 0 Å². The van der Waals surface area contributed by atoms with Gasteiger partial charge in [-0.3, -0.25) is 4.79 Å². The van der Waals surface area contributed by atoms with Crippen LogP contribution in [-0.4, -0.2) is 40.3 Å². The number of carbonyl (C=O) groups is 1. The predicted octanol–water partition coefficient (Wildman–Crippen LogP) is 1.53. The Morgan fingerprint density at radius 1 is 1.22 bits per heavy atom. The summed E-state index contributed by atoms with van der Waals surface area (Å²) in [6, 6.07) is 14.9. The van der Waals surface area contributed by atoms with Gasteiger partial charge >= 0.3 is 6.01 Å². The lowest BCUT2D eigenvalue weighted by Gasteiger charge is -2.01. The number of hydrogen-bond acceptors (Lipinski definition) is 7. The molecule has 2 aromatic carbocycles. The maximum atomic E-state index is 11.8. The van der Waals surface area contributed by atoms with E-state index in [4.69, 9.17) is 14.2 Å². The van der Waals surface area contributed by atoms with Gasteiger partial charge in [0.1, 0.15) is 6.33 Å². The van der Waals surface area contributed by atoms with Crippen molar-refractivity contribution in [2.45, 2.75) is 0 Å². The Bertz CT molecular complexity index is 971. The average molecular weight is 365 g/mol. The van der Waals surface area contributed by atoms with Crippen molar-refractivity contribution in [1.29, 1.82) is 0 Å². The summed E-state index contributed by atoms with van der Waals surface area (Å²) in [5.74, 6) is 0.906. The van der Waals surface area contributed by atoms with Gasteiger partial charge in [0, 0.05) is 0 Å². The zero-order valence-corrected chi connectivity index (χ0v) is 14.1. The van der Waals surface area contributed by atoms with E-state index in [9.17, 15) is 4.79 Å². The molecule has 136 valence electrons. The van der Waals surface area contributed by atoms with Gasteiger partial charge < -0.3 is 14.2 Å². The number of carbonyl (C=O) groups excluding carboxylic acids is 1. The highest BCUT2D eigenvalue weighted by Gasteiger charge is 2.12. The number of fused-ring (bicyclic) bond motifs is 1. The van der Waals surface area contributed by atoms with E-state index in [-0.39, 0.29) is 19.4 Å². The Hall–Kier alpha value is -3.88. The normalized spacial score (nSPS) is 12.3. The number of nitrogens with zero attached hydrogens (tertiary/aromatic N) is 4. The van der Waals surface area contributed by atoms with Crippen LogP contribution < -0.4 is 19.6 Å². The number of hydrogen-bond donors (Lipinski definition) is 1. The summed E-state index contributed by atoms with van der Waals surface area (Å²) in [6.07, 6.45) is 3.02. The van der Waals surface area contributed by atoms with E-state index < -0.39 is 5.91 Å². The second-order valence-corrected chi connectivity index (χ2v) is 5.50. The molecule has 9 nitrogen and oxygen atoms in total. The molecule has 1 N–H and O–H groups in total. The highest BCUT2D eigenvalue weighted by molar-refractivity contribution is 5.83. The molecule has 0 saturated carbocycles. The van der Waals surface area contributed by atoms with Crippen molar-refractivity contribution < 1.29 is 19.0 Å². The van der Waals surface area contributed by atoms with Gasteiger partial charge in [0.25, 0.3) is 5.91 Å². The molecule has 1 aliphatic heterocycles. The number of hydrazone groups is 1. The third-order valence-corrected chi connectivity index (χ3v) is 3.62. The van der Waals surface area contributed by atoms with Crippen molar-refractivity contribution in [1.82, 2.24) is 20.2 Å². The fourth-order valence-corrected chi connectivity index (χ4v) is 2.35. The highest BCUT2D eigenvalue weighted by Crippen LogP contribution is 2.31. The van der Waals surface area contributed by atoms with Crippen LogP contribution in [-0.2, 0) is 4.79 Å². The van der Waals surface area contributed by atoms with Crippen molar-refractivity contribution in [2.75, 3.05) is 13.4 Å². The van der Waals surface area contributed by atoms with Crippen LogP contribution in [0.5, 0.6) is 17.5 Å². The van der Waals surface area contributed by atoms with E-state index in [1.165, 1.54) is 12.5 Å². The van der Waals surface area contributed by atoms with Crippen molar-refractivity contribution in [3.05, 3.63) is 60.4 Å². The molecule has 0 aliphatic carbocycles. The van der Waals surface area contributed by atoms with Gasteiger partial charge in [-0.1, -0.05) is 18.2 Å².